The Labute approximate surface area is 249 Å². The van der Waals surface area contributed by atoms with Gasteiger partial charge < -0.3 is 28.9 Å². The van der Waals surface area contributed by atoms with Gasteiger partial charge in [-0.05, 0) is 36.1 Å². The maximum atomic E-state index is 13.8. The summed E-state index contributed by atoms with van der Waals surface area (Å²) in [5.74, 6) is 0.613. The molecule has 2 aromatic rings. The highest BCUT2D eigenvalue weighted by molar-refractivity contribution is 8.16. The summed E-state index contributed by atoms with van der Waals surface area (Å²) in [6.45, 7) is 5.41. The van der Waals surface area contributed by atoms with Crippen LogP contribution in [-0.4, -0.2) is 78.0 Å². The molecule has 2 amide bonds. The third-order valence-electron chi connectivity index (χ3n) is 7.57. The molecule has 3 aliphatic rings. The van der Waals surface area contributed by atoms with Crippen LogP contribution in [0.15, 0.2) is 75.9 Å². The molecule has 2 aromatic carbocycles. The van der Waals surface area contributed by atoms with Gasteiger partial charge in [0.1, 0.15) is 18.1 Å². The minimum absolute atomic E-state index is 0.00934. The number of hydrogen-bond donors (Lipinski definition) is 0. The van der Waals surface area contributed by atoms with E-state index >= 15 is 0 Å². The average molecular weight is 591 g/mol. The van der Waals surface area contributed by atoms with E-state index in [0.29, 0.717) is 65.4 Å². The Bertz CT molecular complexity index is 1460. The van der Waals surface area contributed by atoms with Crippen molar-refractivity contribution in [3.8, 4) is 11.5 Å². The van der Waals surface area contributed by atoms with Crippen LogP contribution in [0.3, 0.4) is 0 Å². The van der Waals surface area contributed by atoms with Crippen LogP contribution in [0.1, 0.15) is 37.4 Å². The summed E-state index contributed by atoms with van der Waals surface area (Å²) < 4.78 is 17.1. The maximum absolute atomic E-state index is 13.8. The molecule has 3 aliphatic heterocycles. The lowest BCUT2D eigenvalue weighted by atomic mass is 9.92. The molecule has 0 N–H and O–H groups in total. The van der Waals surface area contributed by atoms with Crippen LogP contribution < -0.4 is 9.47 Å². The number of allylic oxidation sites excluding steroid dienone is 1. The summed E-state index contributed by atoms with van der Waals surface area (Å²) in [7, 11) is 3.16. The number of ether oxygens (including phenoxy) is 3. The van der Waals surface area contributed by atoms with E-state index in [4.69, 9.17) is 19.2 Å². The van der Waals surface area contributed by atoms with Gasteiger partial charge in [0.15, 0.2) is 5.17 Å². The van der Waals surface area contributed by atoms with Crippen molar-refractivity contribution >= 4 is 34.7 Å². The number of carbonyl (C=O) groups is 3. The molecule has 42 heavy (non-hydrogen) atoms. The fraction of sp³-hybridized carbons (Fsp3) is 0.355. The van der Waals surface area contributed by atoms with Crippen molar-refractivity contribution in [2.24, 2.45) is 4.99 Å². The third kappa shape index (κ3) is 6.01. The standard InChI is InChI=1S/C31H34N4O6S/c1-20-28(30(38)41-18-22-8-6-5-7-9-22)29(25-17-24(39-3)10-11-26(25)40-4)35-23(19-42-31(35)32-20)16-27(37)34-14-12-33(13-15-34)21(2)36/h5-11,17,19,29H,12-16,18H2,1-4H3/t29-/m0/s1. The summed E-state index contributed by atoms with van der Waals surface area (Å²) in [6, 6.07) is 14.3. The van der Waals surface area contributed by atoms with Gasteiger partial charge in [-0.15, -0.1) is 0 Å². The molecule has 0 bridgehead atoms. The number of amidine groups is 1. The van der Waals surface area contributed by atoms with Gasteiger partial charge in [0.2, 0.25) is 11.8 Å². The number of fused-ring (bicyclic) bond motifs is 1. The second kappa shape index (κ2) is 12.7. The lowest BCUT2D eigenvalue weighted by molar-refractivity contribution is -0.141. The zero-order valence-electron chi connectivity index (χ0n) is 24.2. The van der Waals surface area contributed by atoms with Crippen LogP contribution >= 0.6 is 11.8 Å². The minimum atomic E-state index is -0.672. The van der Waals surface area contributed by atoms with E-state index < -0.39 is 12.0 Å². The Morgan fingerprint density at radius 1 is 0.976 bits per heavy atom. The van der Waals surface area contributed by atoms with Crippen LogP contribution in [0, 0.1) is 0 Å². The Hall–Kier alpha value is -4.25. The quantitative estimate of drug-likeness (QED) is 0.424. The van der Waals surface area contributed by atoms with Gasteiger partial charge in [0.25, 0.3) is 0 Å². The highest BCUT2D eigenvalue weighted by Gasteiger charge is 2.43. The van der Waals surface area contributed by atoms with E-state index in [-0.39, 0.29) is 24.8 Å². The lowest BCUT2D eigenvalue weighted by Crippen LogP contribution is -2.50. The fourth-order valence-electron chi connectivity index (χ4n) is 5.32. The Kier molecular flexibility index (Phi) is 8.86. The number of piperazine rings is 1. The Morgan fingerprint density at radius 2 is 1.69 bits per heavy atom. The summed E-state index contributed by atoms with van der Waals surface area (Å²) in [5.41, 5.74) is 3.16. The number of thioether (sulfide) groups is 1. The number of rotatable bonds is 8. The van der Waals surface area contributed by atoms with E-state index in [9.17, 15) is 14.4 Å². The van der Waals surface area contributed by atoms with Gasteiger partial charge in [-0.2, -0.15) is 0 Å². The summed E-state index contributed by atoms with van der Waals surface area (Å²) in [5, 5.41) is 2.57. The Morgan fingerprint density at radius 3 is 2.36 bits per heavy atom. The fourth-order valence-corrected chi connectivity index (χ4v) is 6.28. The van der Waals surface area contributed by atoms with Gasteiger partial charge >= 0.3 is 5.97 Å². The molecule has 0 aromatic heterocycles. The van der Waals surface area contributed by atoms with Gasteiger partial charge in [-0.25, -0.2) is 9.79 Å². The molecule has 0 aliphatic carbocycles. The van der Waals surface area contributed by atoms with Crippen molar-refractivity contribution in [3.63, 3.8) is 0 Å². The second-order valence-corrected chi connectivity index (χ2v) is 11.0. The second-order valence-electron chi connectivity index (χ2n) is 10.1. The zero-order chi connectivity index (χ0) is 29.8. The van der Waals surface area contributed by atoms with E-state index in [0.717, 1.165) is 5.56 Å². The van der Waals surface area contributed by atoms with Crippen molar-refractivity contribution in [2.45, 2.75) is 32.9 Å². The van der Waals surface area contributed by atoms with Crippen LogP contribution in [0.2, 0.25) is 0 Å². The molecule has 0 saturated carbocycles. The maximum Gasteiger partial charge on any atom is 0.338 e. The molecular formula is C31H34N4O6S. The highest BCUT2D eigenvalue weighted by Crippen LogP contribution is 2.47. The first-order valence-corrected chi connectivity index (χ1v) is 14.6. The topological polar surface area (TPSA) is 101 Å². The van der Waals surface area contributed by atoms with Crippen molar-refractivity contribution in [1.29, 1.82) is 0 Å². The lowest BCUT2D eigenvalue weighted by Gasteiger charge is -2.38. The number of methoxy groups -OCH3 is 2. The molecule has 1 saturated heterocycles. The number of benzene rings is 2. The van der Waals surface area contributed by atoms with Crippen molar-refractivity contribution in [2.75, 3.05) is 40.4 Å². The van der Waals surface area contributed by atoms with Gasteiger partial charge in [0, 0.05) is 44.4 Å². The van der Waals surface area contributed by atoms with E-state index in [2.05, 4.69) is 0 Å². The van der Waals surface area contributed by atoms with Crippen LogP contribution in [-0.2, 0) is 25.7 Å². The minimum Gasteiger partial charge on any atom is -0.497 e. The number of nitrogens with zero attached hydrogens (tertiary/aromatic N) is 4. The van der Waals surface area contributed by atoms with Crippen molar-refractivity contribution in [3.05, 3.63) is 82.0 Å². The molecule has 11 heteroatoms. The largest absolute Gasteiger partial charge is 0.497 e. The number of esters is 1. The molecule has 3 heterocycles. The molecule has 1 atom stereocenters. The number of carbonyl (C=O) groups excluding carboxylic acids is 3. The monoisotopic (exact) mass is 590 g/mol. The predicted molar refractivity (Wildman–Crippen MR) is 160 cm³/mol. The molecular weight excluding hydrogens is 556 g/mol. The zero-order valence-corrected chi connectivity index (χ0v) is 25.0. The van der Waals surface area contributed by atoms with Gasteiger partial charge in [-0.1, -0.05) is 42.1 Å². The number of aliphatic imine (C=N–C) groups is 1. The van der Waals surface area contributed by atoms with Gasteiger partial charge in [0.05, 0.1) is 38.0 Å². The smallest absolute Gasteiger partial charge is 0.338 e. The SMILES string of the molecule is COc1ccc(OC)c([C@H]2C(C(=O)OCc3ccccc3)=C(C)N=C3SC=C(CC(=O)N4CCN(C(C)=O)CC4)N32)c1. The Balaban J connectivity index is 1.47. The predicted octanol–water partition coefficient (Wildman–Crippen LogP) is 4.10. The van der Waals surface area contributed by atoms with Crippen molar-refractivity contribution in [1.82, 2.24) is 14.7 Å². The average Bonchev–Trinajstić information content (AvgIpc) is 3.40. The number of amides is 2. The number of hydrogen-bond acceptors (Lipinski definition) is 9. The normalized spacial score (nSPS) is 18.3. The first kappa shape index (κ1) is 29.2. The van der Waals surface area contributed by atoms with Crippen molar-refractivity contribution < 1.29 is 28.6 Å². The third-order valence-corrected chi connectivity index (χ3v) is 8.46. The van der Waals surface area contributed by atoms with Crippen LogP contribution in [0.25, 0.3) is 0 Å². The first-order chi connectivity index (χ1) is 20.3. The van der Waals surface area contributed by atoms with E-state index in [1.807, 2.05) is 46.7 Å². The molecule has 1 fully saturated rings. The summed E-state index contributed by atoms with van der Waals surface area (Å²) in [6.07, 6.45) is 0.111. The van der Waals surface area contributed by atoms with Crippen LogP contribution in [0.4, 0.5) is 0 Å². The highest BCUT2D eigenvalue weighted by atomic mass is 32.2. The van der Waals surface area contributed by atoms with Crippen LogP contribution in [0.5, 0.6) is 11.5 Å². The molecule has 0 radical (unpaired) electrons. The molecule has 10 nitrogen and oxygen atoms in total. The summed E-state index contributed by atoms with van der Waals surface area (Å²) >= 11 is 1.41. The van der Waals surface area contributed by atoms with Gasteiger partial charge in [-0.3, -0.25) is 9.59 Å². The first-order valence-electron chi connectivity index (χ1n) is 13.7. The van der Waals surface area contributed by atoms with E-state index in [1.165, 1.54) is 11.8 Å². The molecule has 220 valence electrons. The molecule has 0 unspecified atom stereocenters. The molecule has 5 rings (SSSR count). The van der Waals surface area contributed by atoms with E-state index in [1.54, 1.807) is 50.0 Å². The summed E-state index contributed by atoms with van der Waals surface area (Å²) in [4.78, 5) is 49.2. The molecule has 0 spiro atoms.